The molecule has 20 heavy (non-hydrogen) atoms. The molecule has 0 radical (unpaired) electrons. The largest absolute Gasteiger partial charge is 0.504 e. The number of imidazole rings is 1. The first-order valence-corrected chi connectivity index (χ1v) is 6.24. The van der Waals surface area contributed by atoms with Crippen LogP contribution in [0.15, 0.2) is 30.6 Å². The van der Waals surface area contributed by atoms with E-state index in [0.29, 0.717) is 13.0 Å². The summed E-state index contributed by atoms with van der Waals surface area (Å²) in [7, 11) is 3.34. The zero-order valence-electron chi connectivity index (χ0n) is 11.5. The molecule has 1 aromatic heterocycles. The third-order valence-electron chi connectivity index (χ3n) is 3.02. The number of amides is 1. The van der Waals surface area contributed by atoms with Gasteiger partial charge in [0.2, 0.25) is 0 Å². The highest BCUT2D eigenvalue weighted by atomic mass is 16.5. The Morgan fingerprint density at radius 1 is 1.50 bits per heavy atom. The summed E-state index contributed by atoms with van der Waals surface area (Å²) in [5.74, 6) is 0.682. The molecule has 6 heteroatoms. The van der Waals surface area contributed by atoms with Crippen LogP contribution in [0.1, 0.15) is 16.2 Å². The van der Waals surface area contributed by atoms with Crippen LogP contribution in [-0.4, -0.2) is 34.2 Å². The highest BCUT2D eigenvalue weighted by molar-refractivity contribution is 5.97. The first-order chi connectivity index (χ1) is 9.63. The number of rotatable bonds is 5. The summed E-state index contributed by atoms with van der Waals surface area (Å²) in [5, 5.41) is 12.6. The summed E-state index contributed by atoms with van der Waals surface area (Å²) >= 11 is 0. The van der Waals surface area contributed by atoms with Gasteiger partial charge in [-0.25, -0.2) is 4.98 Å². The molecule has 0 saturated carbocycles. The van der Waals surface area contributed by atoms with E-state index in [2.05, 4.69) is 10.3 Å². The Kier molecular flexibility index (Phi) is 4.24. The molecule has 6 nitrogen and oxygen atoms in total. The van der Waals surface area contributed by atoms with Crippen LogP contribution in [-0.2, 0) is 13.5 Å². The topological polar surface area (TPSA) is 76.4 Å². The lowest BCUT2D eigenvalue weighted by atomic mass is 10.1. The van der Waals surface area contributed by atoms with Crippen LogP contribution in [0.2, 0.25) is 0 Å². The first kappa shape index (κ1) is 13.9. The Bertz CT molecular complexity index is 607. The Hall–Kier alpha value is -2.50. The summed E-state index contributed by atoms with van der Waals surface area (Å²) in [4.78, 5) is 16.2. The number of carbonyl (C=O) groups excluding carboxylic acids is 1. The minimum absolute atomic E-state index is 0.149. The number of nitrogens with zero attached hydrogens (tertiary/aromatic N) is 2. The third kappa shape index (κ3) is 2.90. The maximum Gasteiger partial charge on any atom is 0.255 e. The number of nitrogens with one attached hydrogen (secondary N) is 1. The van der Waals surface area contributed by atoms with Gasteiger partial charge in [0.1, 0.15) is 5.82 Å². The van der Waals surface area contributed by atoms with E-state index < -0.39 is 0 Å². The summed E-state index contributed by atoms with van der Waals surface area (Å²) < 4.78 is 6.87. The quantitative estimate of drug-likeness (QED) is 0.857. The minimum atomic E-state index is -0.337. The second kappa shape index (κ2) is 6.10. The fraction of sp³-hybridized carbons (Fsp3) is 0.286. The second-order valence-electron chi connectivity index (χ2n) is 4.32. The molecule has 0 atom stereocenters. The normalized spacial score (nSPS) is 10.3. The fourth-order valence-electron chi connectivity index (χ4n) is 1.89. The predicted octanol–water partition coefficient (Wildman–Crippen LogP) is 1.11. The molecule has 0 bridgehead atoms. The van der Waals surface area contributed by atoms with Gasteiger partial charge < -0.3 is 19.7 Å². The standard InChI is InChI=1S/C14H17N3O3/c1-17-9-8-15-12(17)6-7-16-14(19)10-4-3-5-11(20-2)13(10)18/h3-5,8-9,18H,6-7H2,1-2H3,(H,16,19). The molecule has 2 N–H and O–H groups in total. The number of aryl methyl sites for hydroxylation is 1. The number of para-hydroxylation sites is 1. The Morgan fingerprint density at radius 2 is 2.30 bits per heavy atom. The number of benzene rings is 1. The smallest absolute Gasteiger partial charge is 0.255 e. The van der Waals surface area contributed by atoms with Crippen LogP contribution >= 0.6 is 0 Å². The van der Waals surface area contributed by atoms with Crippen molar-refractivity contribution >= 4 is 5.91 Å². The van der Waals surface area contributed by atoms with Crippen molar-refractivity contribution in [1.82, 2.24) is 14.9 Å². The van der Waals surface area contributed by atoms with E-state index in [4.69, 9.17) is 4.74 Å². The summed E-state index contributed by atoms with van der Waals surface area (Å²) in [6.45, 7) is 0.445. The number of aromatic hydroxyl groups is 1. The lowest BCUT2D eigenvalue weighted by Gasteiger charge is -2.09. The molecule has 0 unspecified atom stereocenters. The van der Waals surface area contributed by atoms with E-state index in [0.717, 1.165) is 5.82 Å². The molecular formula is C14H17N3O3. The van der Waals surface area contributed by atoms with Crippen LogP contribution in [0.25, 0.3) is 0 Å². The summed E-state index contributed by atoms with van der Waals surface area (Å²) in [6, 6.07) is 4.81. The maximum atomic E-state index is 12.0. The van der Waals surface area contributed by atoms with Gasteiger partial charge in [-0.1, -0.05) is 6.07 Å². The maximum absolute atomic E-state index is 12.0. The number of aromatic nitrogens is 2. The van der Waals surface area contributed by atoms with Crippen molar-refractivity contribution in [3.05, 3.63) is 42.0 Å². The van der Waals surface area contributed by atoms with Gasteiger partial charge in [0.25, 0.3) is 5.91 Å². The van der Waals surface area contributed by atoms with Crippen LogP contribution in [0.3, 0.4) is 0 Å². The SMILES string of the molecule is COc1cccc(C(=O)NCCc2nccn2C)c1O. The molecule has 0 spiro atoms. The number of ether oxygens (including phenoxy) is 1. The molecule has 0 fully saturated rings. The van der Waals surface area contributed by atoms with Gasteiger partial charge in [0, 0.05) is 32.4 Å². The van der Waals surface area contributed by atoms with E-state index in [1.54, 1.807) is 24.4 Å². The molecule has 0 aliphatic carbocycles. The molecule has 1 aromatic carbocycles. The highest BCUT2D eigenvalue weighted by Crippen LogP contribution is 2.29. The lowest BCUT2D eigenvalue weighted by Crippen LogP contribution is -2.26. The van der Waals surface area contributed by atoms with Crippen molar-refractivity contribution in [2.24, 2.45) is 7.05 Å². The number of carbonyl (C=O) groups is 1. The van der Waals surface area contributed by atoms with Crippen molar-refractivity contribution in [3.63, 3.8) is 0 Å². The average molecular weight is 275 g/mol. The number of phenolic OH excluding ortho intramolecular Hbond substituents is 1. The van der Waals surface area contributed by atoms with Gasteiger partial charge in [-0.15, -0.1) is 0 Å². The van der Waals surface area contributed by atoms with Gasteiger partial charge in [-0.05, 0) is 12.1 Å². The highest BCUT2D eigenvalue weighted by Gasteiger charge is 2.14. The molecule has 0 aliphatic heterocycles. The van der Waals surface area contributed by atoms with E-state index in [9.17, 15) is 9.90 Å². The number of hydrogen-bond donors (Lipinski definition) is 2. The Labute approximate surface area is 117 Å². The van der Waals surface area contributed by atoms with Crippen molar-refractivity contribution in [2.45, 2.75) is 6.42 Å². The molecule has 2 aromatic rings. The van der Waals surface area contributed by atoms with Crippen LogP contribution in [0.5, 0.6) is 11.5 Å². The van der Waals surface area contributed by atoms with Gasteiger partial charge >= 0.3 is 0 Å². The predicted molar refractivity (Wildman–Crippen MR) is 73.9 cm³/mol. The molecule has 1 heterocycles. The Morgan fingerprint density at radius 3 is 2.95 bits per heavy atom. The number of hydrogen-bond acceptors (Lipinski definition) is 4. The summed E-state index contributed by atoms with van der Waals surface area (Å²) in [6.07, 6.45) is 4.19. The Balaban J connectivity index is 1.97. The van der Waals surface area contributed by atoms with Crippen molar-refractivity contribution in [3.8, 4) is 11.5 Å². The van der Waals surface area contributed by atoms with E-state index in [1.807, 2.05) is 17.8 Å². The van der Waals surface area contributed by atoms with E-state index in [-0.39, 0.29) is 23.0 Å². The molecule has 2 rings (SSSR count). The van der Waals surface area contributed by atoms with Crippen molar-refractivity contribution in [1.29, 1.82) is 0 Å². The van der Waals surface area contributed by atoms with Gasteiger partial charge in [0.05, 0.1) is 12.7 Å². The van der Waals surface area contributed by atoms with Gasteiger partial charge in [-0.2, -0.15) is 0 Å². The number of methoxy groups -OCH3 is 1. The monoisotopic (exact) mass is 275 g/mol. The molecule has 106 valence electrons. The molecular weight excluding hydrogens is 258 g/mol. The average Bonchev–Trinajstić information content (AvgIpc) is 2.84. The summed E-state index contributed by atoms with van der Waals surface area (Å²) in [5.41, 5.74) is 0.198. The van der Waals surface area contributed by atoms with Gasteiger partial charge in [0.15, 0.2) is 11.5 Å². The fourth-order valence-corrected chi connectivity index (χ4v) is 1.89. The van der Waals surface area contributed by atoms with Crippen LogP contribution < -0.4 is 10.1 Å². The number of phenols is 1. The van der Waals surface area contributed by atoms with Gasteiger partial charge in [-0.3, -0.25) is 4.79 Å². The molecule has 0 saturated heterocycles. The third-order valence-corrected chi connectivity index (χ3v) is 3.02. The second-order valence-corrected chi connectivity index (χ2v) is 4.32. The van der Waals surface area contributed by atoms with Crippen molar-refractivity contribution in [2.75, 3.05) is 13.7 Å². The lowest BCUT2D eigenvalue weighted by molar-refractivity contribution is 0.0950. The zero-order valence-corrected chi connectivity index (χ0v) is 11.5. The van der Waals surface area contributed by atoms with Crippen LogP contribution in [0.4, 0.5) is 0 Å². The molecule has 1 amide bonds. The minimum Gasteiger partial charge on any atom is -0.504 e. The van der Waals surface area contributed by atoms with Crippen LogP contribution in [0, 0.1) is 0 Å². The zero-order chi connectivity index (χ0) is 14.5. The van der Waals surface area contributed by atoms with E-state index in [1.165, 1.54) is 7.11 Å². The van der Waals surface area contributed by atoms with E-state index >= 15 is 0 Å². The van der Waals surface area contributed by atoms with Crippen molar-refractivity contribution < 1.29 is 14.6 Å². The first-order valence-electron chi connectivity index (χ1n) is 6.24. The molecule has 0 aliphatic rings.